The fraction of sp³-hybridized carbons (Fsp3) is 0.647. The maximum atomic E-state index is 13.3. The van der Waals surface area contributed by atoms with Gasteiger partial charge >= 0.3 is 0 Å². The zero-order valence-electron chi connectivity index (χ0n) is 17.4. The first-order valence-corrected chi connectivity index (χ1v) is 12.4. The topological polar surface area (TPSA) is 110 Å². The van der Waals surface area contributed by atoms with Crippen molar-refractivity contribution in [2.24, 2.45) is 7.05 Å². The average Bonchev–Trinajstić information content (AvgIpc) is 3.08. The van der Waals surface area contributed by atoms with E-state index >= 15 is 0 Å². The Labute approximate surface area is 172 Å². The van der Waals surface area contributed by atoms with Gasteiger partial charge in [0.2, 0.25) is 10.0 Å². The summed E-state index contributed by atoms with van der Waals surface area (Å²) in [5, 5.41) is 4.36. The maximum Gasteiger partial charge on any atom is 0.262 e. The van der Waals surface area contributed by atoms with Crippen LogP contribution in [-0.2, 0) is 27.1 Å². The molecule has 12 heteroatoms. The van der Waals surface area contributed by atoms with Crippen LogP contribution in [0, 0.1) is 13.8 Å². The average molecular weight is 445 g/mol. The molecule has 2 aromatic heterocycles. The van der Waals surface area contributed by atoms with Gasteiger partial charge in [0, 0.05) is 45.5 Å². The number of aryl methyl sites for hydroxylation is 2. The molecule has 3 rings (SSSR count). The molecule has 0 saturated carbocycles. The number of sulfonamides is 2. The highest BCUT2D eigenvalue weighted by Crippen LogP contribution is 2.27. The predicted octanol–water partition coefficient (Wildman–Crippen LogP) is 0.900. The van der Waals surface area contributed by atoms with Crippen LogP contribution in [0.1, 0.15) is 37.7 Å². The minimum atomic E-state index is -3.78. The molecule has 1 aliphatic heterocycles. The molecule has 0 aromatic carbocycles. The summed E-state index contributed by atoms with van der Waals surface area (Å²) in [6.45, 7) is 7.99. The Balaban J connectivity index is 1.86. The van der Waals surface area contributed by atoms with Crippen molar-refractivity contribution in [1.29, 1.82) is 0 Å². The molecule has 0 radical (unpaired) electrons. The van der Waals surface area contributed by atoms with Crippen LogP contribution < -0.4 is 0 Å². The van der Waals surface area contributed by atoms with Crippen molar-refractivity contribution < 1.29 is 16.8 Å². The van der Waals surface area contributed by atoms with Crippen molar-refractivity contribution in [3.8, 4) is 0 Å². The van der Waals surface area contributed by atoms with Crippen molar-refractivity contribution >= 4 is 20.0 Å². The standard InChI is InChI=1S/C17H28N6O4S2/c1-13(2)23-15(4)17(14(3)19-23)29(26,27)22-8-6-7-21(9-10-22)28(24,25)16-11-20(5)12-18-16/h11-13H,6-10H2,1-5H3. The first-order valence-electron chi connectivity index (χ1n) is 9.50. The van der Waals surface area contributed by atoms with Gasteiger partial charge in [-0.3, -0.25) is 4.68 Å². The molecular weight excluding hydrogens is 416 g/mol. The van der Waals surface area contributed by atoms with Gasteiger partial charge < -0.3 is 4.57 Å². The van der Waals surface area contributed by atoms with E-state index in [0.717, 1.165) is 0 Å². The fourth-order valence-corrected chi connectivity index (χ4v) is 6.92. The quantitative estimate of drug-likeness (QED) is 0.678. The Hall–Kier alpha value is -1.76. The Kier molecular flexibility index (Phi) is 5.91. The number of hydrogen-bond acceptors (Lipinski definition) is 6. The molecule has 0 N–H and O–H groups in total. The lowest BCUT2D eigenvalue weighted by Crippen LogP contribution is -2.37. The highest BCUT2D eigenvalue weighted by atomic mass is 32.2. The third-order valence-corrected chi connectivity index (χ3v) is 8.98. The number of rotatable bonds is 5. The second kappa shape index (κ2) is 7.82. The van der Waals surface area contributed by atoms with E-state index in [1.165, 1.54) is 21.1 Å². The SMILES string of the molecule is Cc1nn(C(C)C)c(C)c1S(=O)(=O)N1CCCN(S(=O)(=O)c2cn(C)cn2)CC1. The molecular formula is C17H28N6O4S2. The summed E-state index contributed by atoms with van der Waals surface area (Å²) in [5.41, 5.74) is 1.05. The van der Waals surface area contributed by atoms with Gasteiger partial charge in [-0.2, -0.15) is 13.7 Å². The molecule has 0 unspecified atom stereocenters. The van der Waals surface area contributed by atoms with Gasteiger partial charge in [0.15, 0.2) is 5.03 Å². The monoisotopic (exact) mass is 444 g/mol. The van der Waals surface area contributed by atoms with Crippen molar-refractivity contribution in [3.05, 3.63) is 23.9 Å². The van der Waals surface area contributed by atoms with Crippen LogP contribution in [0.15, 0.2) is 22.4 Å². The molecule has 29 heavy (non-hydrogen) atoms. The lowest BCUT2D eigenvalue weighted by atomic mass is 10.3. The summed E-state index contributed by atoms with van der Waals surface area (Å²) >= 11 is 0. The number of hydrogen-bond donors (Lipinski definition) is 0. The van der Waals surface area contributed by atoms with Crippen LogP contribution in [0.4, 0.5) is 0 Å². The second-order valence-electron chi connectivity index (χ2n) is 7.58. The van der Waals surface area contributed by atoms with Crippen LogP contribution in [0.25, 0.3) is 0 Å². The van der Waals surface area contributed by atoms with Gasteiger partial charge in [0.05, 0.1) is 17.7 Å². The zero-order chi connectivity index (χ0) is 21.6. The summed E-state index contributed by atoms with van der Waals surface area (Å²) in [6, 6.07) is 0.0424. The normalized spacial score (nSPS) is 17.7. The van der Waals surface area contributed by atoms with E-state index in [0.29, 0.717) is 17.8 Å². The van der Waals surface area contributed by atoms with Crippen molar-refractivity contribution in [2.75, 3.05) is 26.2 Å². The molecule has 1 saturated heterocycles. The molecule has 0 aliphatic carbocycles. The van der Waals surface area contributed by atoms with E-state index in [4.69, 9.17) is 0 Å². The van der Waals surface area contributed by atoms with E-state index in [1.807, 2.05) is 13.8 Å². The largest absolute Gasteiger partial charge is 0.339 e. The van der Waals surface area contributed by atoms with Crippen molar-refractivity contribution in [1.82, 2.24) is 27.9 Å². The van der Waals surface area contributed by atoms with Gasteiger partial charge in [-0.05, 0) is 34.1 Å². The summed E-state index contributed by atoms with van der Waals surface area (Å²) in [5.74, 6) is 0. The smallest absolute Gasteiger partial charge is 0.262 e. The molecule has 0 amide bonds. The highest BCUT2D eigenvalue weighted by Gasteiger charge is 2.35. The van der Waals surface area contributed by atoms with Crippen LogP contribution in [0.2, 0.25) is 0 Å². The van der Waals surface area contributed by atoms with E-state index in [1.54, 1.807) is 30.1 Å². The third-order valence-electron chi connectivity index (χ3n) is 5.04. The Morgan fingerprint density at radius 1 is 0.966 bits per heavy atom. The van der Waals surface area contributed by atoms with Gasteiger partial charge in [0.25, 0.3) is 10.0 Å². The van der Waals surface area contributed by atoms with E-state index in [-0.39, 0.29) is 42.1 Å². The summed E-state index contributed by atoms with van der Waals surface area (Å²) in [4.78, 5) is 4.16. The van der Waals surface area contributed by atoms with Gasteiger partial charge in [-0.1, -0.05) is 0 Å². The zero-order valence-corrected chi connectivity index (χ0v) is 19.0. The maximum absolute atomic E-state index is 13.3. The number of aromatic nitrogens is 4. The van der Waals surface area contributed by atoms with Crippen LogP contribution in [0.5, 0.6) is 0 Å². The van der Waals surface area contributed by atoms with Crippen molar-refractivity contribution in [2.45, 2.75) is 50.1 Å². The molecule has 10 nitrogen and oxygen atoms in total. The highest BCUT2D eigenvalue weighted by molar-refractivity contribution is 7.89. The third kappa shape index (κ3) is 3.98. The Morgan fingerprint density at radius 2 is 1.55 bits per heavy atom. The lowest BCUT2D eigenvalue weighted by Gasteiger charge is -2.21. The number of imidazole rings is 1. The molecule has 1 fully saturated rings. The molecule has 0 atom stereocenters. The predicted molar refractivity (Wildman–Crippen MR) is 107 cm³/mol. The molecule has 0 spiro atoms. The second-order valence-corrected chi connectivity index (χ2v) is 11.3. The Morgan fingerprint density at radius 3 is 2.03 bits per heavy atom. The first kappa shape index (κ1) is 21.9. The van der Waals surface area contributed by atoms with Gasteiger partial charge in [0.1, 0.15) is 4.90 Å². The fourth-order valence-electron chi connectivity index (χ4n) is 3.66. The molecule has 2 aromatic rings. The van der Waals surface area contributed by atoms with Crippen LogP contribution in [-0.4, -0.2) is 71.0 Å². The molecule has 3 heterocycles. The van der Waals surface area contributed by atoms with E-state index in [9.17, 15) is 16.8 Å². The minimum absolute atomic E-state index is 0.0267. The number of nitrogens with zero attached hydrogens (tertiary/aromatic N) is 6. The van der Waals surface area contributed by atoms with Crippen LogP contribution >= 0.6 is 0 Å². The van der Waals surface area contributed by atoms with Gasteiger partial charge in [-0.15, -0.1) is 0 Å². The van der Waals surface area contributed by atoms with Gasteiger partial charge in [-0.25, -0.2) is 21.8 Å². The summed E-state index contributed by atoms with van der Waals surface area (Å²) in [6.07, 6.45) is 3.28. The summed E-state index contributed by atoms with van der Waals surface area (Å²) in [7, 11) is -5.84. The van der Waals surface area contributed by atoms with E-state index in [2.05, 4.69) is 10.1 Å². The van der Waals surface area contributed by atoms with Crippen LogP contribution in [0.3, 0.4) is 0 Å². The van der Waals surface area contributed by atoms with E-state index < -0.39 is 20.0 Å². The van der Waals surface area contributed by atoms with Crippen molar-refractivity contribution in [3.63, 3.8) is 0 Å². The first-order chi connectivity index (χ1) is 13.5. The molecule has 1 aliphatic rings. The summed E-state index contributed by atoms with van der Waals surface area (Å²) < 4.78 is 58.3. The Bertz CT molecular complexity index is 1100. The minimum Gasteiger partial charge on any atom is -0.339 e. The molecule has 162 valence electrons. The molecule has 0 bridgehead atoms. The lowest BCUT2D eigenvalue weighted by molar-refractivity contribution is 0.403.